The molecule has 8 aromatic rings. The van der Waals surface area contributed by atoms with Gasteiger partial charge in [0.05, 0.1) is 33.5 Å². The van der Waals surface area contributed by atoms with Gasteiger partial charge < -0.3 is 4.57 Å². The first-order chi connectivity index (χ1) is 23.4. The van der Waals surface area contributed by atoms with Gasteiger partial charge in [0.2, 0.25) is 0 Å². The van der Waals surface area contributed by atoms with Crippen molar-refractivity contribution < 1.29 is 0 Å². The first-order valence-electron chi connectivity index (χ1n) is 16.7. The Morgan fingerprint density at radius 3 is 1.88 bits per heavy atom. The molecule has 1 aliphatic rings. The first-order valence-corrected chi connectivity index (χ1v) is 16.7. The topological polar surface area (TPSA) is 35.6 Å². The number of hydrogen-bond acceptors (Lipinski definition) is 2. The lowest BCUT2D eigenvalue weighted by Gasteiger charge is -2.47. The SMILES string of the molecule is Cc1cc(C)n(-c2cccc(-n3c4ccccc4c4ccc(C5(c6ccccn6)c6ccccc6C(C)(C)c6ccccc65)cc43)c2)n1. The fourth-order valence-corrected chi connectivity index (χ4v) is 8.46. The third-order valence-electron chi connectivity index (χ3n) is 10.5. The molecule has 0 unspecified atom stereocenters. The molecule has 0 bridgehead atoms. The second-order valence-corrected chi connectivity index (χ2v) is 13.6. The van der Waals surface area contributed by atoms with E-state index in [2.05, 4.69) is 159 Å². The van der Waals surface area contributed by atoms with Crippen LogP contribution in [0.1, 0.15) is 58.7 Å². The zero-order valence-electron chi connectivity index (χ0n) is 27.6. The largest absolute Gasteiger partial charge is 0.309 e. The Morgan fingerprint density at radius 2 is 1.19 bits per heavy atom. The summed E-state index contributed by atoms with van der Waals surface area (Å²) in [6.07, 6.45) is 1.93. The average Bonchev–Trinajstić information content (AvgIpc) is 3.64. The Labute approximate surface area is 281 Å². The average molecular weight is 621 g/mol. The summed E-state index contributed by atoms with van der Waals surface area (Å²) in [5.41, 5.74) is 13.2. The van der Waals surface area contributed by atoms with E-state index in [1.165, 1.54) is 44.1 Å². The van der Waals surface area contributed by atoms with E-state index in [0.29, 0.717) is 0 Å². The summed E-state index contributed by atoms with van der Waals surface area (Å²) < 4.78 is 4.45. The van der Waals surface area contributed by atoms with Crippen LogP contribution in [-0.2, 0) is 10.8 Å². The minimum absolute atomic E-state index is 0.173. The van der Waals surface area contributed by atoms with E-state index in [-0.39, 0.29) is 5.41 Å². The molecule has 0 saturated heterocycles. The fraction of sp³-hybridized carbons (Fsp3) is 0.136. The maximum absolute atomic E-state index is 5.14. The summed E-state index contributed by atoms with van der Waals surface area (Å²) in [5, 5.41) is 7.25. The highest BCUT2D eigenvalue weighted by Crippen LogP contribution is 2.55. The second-order valence-electron chi connectivity index (χ2n) is 13.6. The van der Waals surface area contributed by atoms with Crippen LogP contribution in [0, 0.1) is 13.8 Å². The zero-order chi connectivity index (χ0) is 32.6. The van der Waals surface area contributed by atoms with Crippen molar-refractivity contribution in [2.45, 2.75) is 38.5 Å². The van der Waals surface area contributed by atoms with Crippen molar-refractivity contribution in [2.24, 2.45) is 0 Å². The minimum Gasteiger partial charge on any atom is -0.309 e. The Morgan fingerprint density at radius 1 is 0.542 bits per heavy atom. The van der Waals surface area contributed by atoms with Crippen LogP contribution < -0.4 is 0 Å². The molecule has 3 heterocycles. The summed E-state index contributed by atoms with van der Waals surface area (Å²) >= 11 is 0. The Hall–Kier alpha value is -5.74. The molecule has 48 heavy (non-hydrogen) atoms. The van der Waals surface area contributed by atoms with Gasteiger partial charge in [-0.05, 0) is 90.2 Å². The number of benzene rings is 5. The molecule has 5 aromatic carbocycles. The van der Waals surface area contributed by atoms with Gasteiger partial charge in [0.15, 0.2) is 0 Å². The highest BCUT2D eigenvalue weighted by atomic mass is 15.3. The molecule has 0 atom stereocenters. The molecule has 0 fully saturated rings. The number of rotatable bonds is 4. The summed E-state index contributed by atoms with van der Waals surface area (Å²) in [6, 6.07) is 51.0. The predicted octanol–water partition coefficient (Wildman–Crippen LogP) is 10.0. The van der Waals surface area contributed by atoms with Crippen molar-refractivity contribution >= 4 is 21.8 Å². The van der Waals surface area contributed by atoms with E-state index < -0.39 is 5.41 Å². The number of fused-ring (bicyclic) bond motifs is 5. The molecule has 0 saturated carbocycles. The van der Waals surface area contributed by atoms with Crippen molar-refractivity contribution in [3.63, 3.8) is 0 Å². The van der Waals surface area contributed by atoms with Crippen molar-refractivity contribution in [1.82, 2.24) is 19.3 Å². The monoisotopic (exact) mass is 620 g/mol. The molecular formula is C44H36N4. The maximum Gasteiger partial charge on any atom is 0.0880 e. The van der Waals surface area contributed by atoms with E-state index in [4.69, 9.17) is 10.1 Å². The molecular weight excluding hydrogens is 585 g/mol. The van der Waals surface area contributed by atoms with Crippen molar-refractivity contribution in [3.8, 4) is 11.4 Å². The van der Waals surface area contributed by atoms with Gasteiger partial charge in [0.1, 0.15) is 0 Å². The maximum atomic E-state index is 5.14. The van der Waals surface area contributed by atoms with Gasteiger partial charge in [-0.2, -0.15) is 5.10 Å². The van der Waals surface area contributed by atoms with E-state index in [9.17, 15) is 0 Å². The van der Waals surface area contributed by atoms with Crippen LogP contribution in [0.2, 0.25) is 0 Å². The van der Waals surface area contributed by atoms with E-state index >= 15 is 0 Å². The van der Waals surface area contributed by atoms with Gasteiger partial charge >= 0.3 is 0 Å². The van der Waals surface area contributed by atoms with Crippen molar-refractivity contribution in [3.05, 3.63) is 191 Å². The third-order valence-corrected chi connectivity index (χ3v) is 10.5. The van der Waals surface area contributed by atoms with Crippen molar-refractivity contribution in [1.29, 1.82) is 0 Å². The van der Waals surface area contributed by atoms with Crippen LogP contribution in [0.4, 0.5) is 0 Å². The van der Waals surface area contributed by atoms with Crippen LogP contribution in [0.25, 0.3) is 33.2 Å². The third kappa shape index (κ3) is 3.89. The summed E-state index contributed by atoms with van der Waals surface area (Å²) in [5.74, 6) is 0. The Kier molecular flexibility index (Phi) is 6.16. The van der Waals surface area contributed by atoms with E-state index in [1.54, 1.807) is 0 Å². The molecule has 3 aromatic heterocycles. The van der Waals surface area contributed by atoms with Crippen molar-refractivity contribution in [2.75, 3.05) is 0 Å². The molecule has 232 valence electrons. The minimum atomic E-state index is -0.620. The lowest BCUT2D eigenvalue weighted by molar-refractivity contribution is 0.552. The highest BCUT2D eigenvalue weighted by molar-refractivity contribution is 6.09. The van der Waals surface area contributed by atoms with E-state index in [1.807, 2.05) is 23.9 Å². The van der Waals surface area contributed by atoms with Crippen LogP contribution in [0.5, 0.6) is 0 Å². The number of aryl methyl sites for hydroxylation is 2. The molecule has 4 heteroatoms. The zero-order valence-corrected chi connectivity index (χ0v) is 27.6. The molecule has 0 spiro atoms. The van der Waals surface area contributed by atoms with Crippen LogP contribution in [-0.4, -0.2) is 19.3 Å². The number of para-hydroxylation sites is 1. The van der Waals surface area contributed by atoms with Crippen LogP contribution in [0.3, 0.4) is 0 Å². The first kappa shape index (κ1) is 28.5. The molecule has 4 nitrogen and oxygen atoms in total. The molecule has 0 N–H and O–H groups in total. The number of pyridine rings is 1. The number of hydrogen-bond donors (Lipinski definition) is 0. The molecule has 9 rings (SSSR count). The normalized spacial score (nSPS) is 14.6. The number of nitrogens with zero attached hydrogens (tertiary/aromatic N) is 4. The molecule has 0 aliphatic heterocycles. The fourth-order valence-electron chi connectivity index (χ4n) is 8.46. The Balaban J connectivity index is 1.39. The van der Waals surface area contributed by atoms with Crippen LogP contribution in [0.15, 0.2) is 146 Å². The lowest BCUT2D eigenvalue weighted by Crippen LogP contribution is -2.42. The summed E-state index contributed by atoms with van der Waals surface area (Å²) in [6.45, 7) is 8.85. The second kappa shape index (κ2) is 10.4. The number of aromatic nitrogens is 4. The smallest absolute Gasteiger partial charge is 0.0880 e. The summed E-state index contributed by atoms with van der Waals surface area (Å²) in [4.78, 5) is 5.14. The van der Waals surface area contributed by atoms with Crippen LogP contribution >= 0.6 is 0 Å². The Bertz CT molecular complexity index is 2460. The van der Waals surface area contributed by atoms with Gasteiger partial charge in [-0.25, -0.2) is 4.68 Å². The summed E-state index contributed by atoms with van der Waals surface area (Å²) in [7, 11) is 0. The molecule has 1 aliphatic carbocycles. The van der Waals surface area contributed by atoms with E-state index in [0.717, 1.165) is 34.0 Å². The van der Waals surface area contributed by atoms with Gasteiger partial charge in [-0.1, -0.05) is 105 Å². The standard InChI is InChI=1S/C44H36N4/c1-29-26-30(2)48(46-29)33-15-13-14-32(28-33)47-40-21-10-5-16-34(40)35-24-23-31(27-41(35)47)44(42-22-11-12-25-45-42)38-19-8-6-17-36(38)43(3,4)37-18-7-9-20-39(37)44/h5-28H,1-4H3. The lowest BCUT2D eigenvalue weighted by atomic mass is 9.55. The predicted molar refractivity (Wildman–Crippen MR) is 196 cm³/mol. The molecule has 0 radical (unpaired) electrons. The highest BCUT2D eigenvalue weighted by Gasteiger charge is 2.49. The van der Waals surface area contributed by atoms with Gasteiger partial charge in [-0.3, -0.25) is 4.98 Å². The quantitative estimate of drug-likeness (QED) is 0.196. The van der Waals surface area contributed by atoms with Gasteiger partial charge in [-0.15, -0.1) is 0 Å². The molecule has 0 amide bonds. The van der Waals surface area contributed by atoms with Gasteiger partial charge in [0.25, 0.3) is 0 Å². The van der Waals surface area contributed by atoms with Gasteiger partial charge in [0, 0.05) is 33.8 Å².